The molecule has 0 aromatic heterocycles. The number of nitrogens with one attached hydrogen (secondary N) is 1. The van der Waals surface area contributed by atoms with Crippen molar-refractivity contribution in [3.05, 3.63) is 65.7 Å². The number of halogens is 2. The Hall–Kier alpha value is -1.88. The van der Waals surface area contributed by atoms with Crippen molar-refractivity contribution in [1.82, 2.24) is 5.32 Å². The summed E-state index contributed by atoms with van der Waals surface area (Å²) in [5, 5.41) is 2.43. The molecule has 0 heterocycles. The molecule has 0 aliphatic rings. The number of benzene rings is 2. The van der Waals surface area contributed by atoms with E-state index >= 15 is 0 Å². The van der Waals surface area contributed by atoms with Gasteiger partial charge in [0.25, 0.3) is 0 Å². The maximum absolute atomic E-state index is 13.1. The van der Waals surface area contributed by atoms with E-state index in [1.54, 1.807) is 6.92 Å². The summed E-state index contributed by atoms with van der Waals surface area (Å²) in [5.74, 6) is -1.94. The van der Waals surface area contributed by atoms with Crippen LogP contribution in [-0.4, -0.2) is 11.2 Å². The molecule has 1 amide bonds. The molecule has 2 aromatic carbocycles. The topological polar surface area (TPSA) is 29.1 Å². The molecule has 21 heavy (non-hydrogen) atoms. The van der Waals surface area contributed by atoms with E-state index in [2.05, 4.69) is 5.32 Å². The van der Waals surface area contributed by atoms with Crippen molar-refractivity contribution in [1.29, 1.82) is 0 Å². The molecule has 5 heteroatoms. The average Bonchev–Trinajstić information content (AvgIpc) is 2.49. The predicted octanol–water partition coefficient (Wildman–Crippen LogP) is 3.76. The molecule has 0 aliphatic heterocycles. The van der Waals surface area contributed by atoms with Crippen molar-refractivity contribution in [2.24, 2.45) is 0 Å². The SMILES string of the molecule is C[C@H](Sc1ccc(F)c(F)c1)C(=O)NCc1ccccc1. The molecule has 110 valence electrons. The molecule has 0 fully saturated rings. The summed E-state index contributed by atoms with van der Waals surface area (Å²) < 4.78 is 26.0. The second-order valence-corrected chi connectivity index (χ2v) is 5.95. The third-order valence-electron chi connectivity index (χ3n) is 2.88. The fraction of sp³-hybridized carbons (Fsp3) is 0.188. The van der Waals surface area contributed by atoms with Crippen LogP contribution in [0.5, 0.6) is 0 Å². The molecule has 2 rings (SSSR count). The summed E-state index contributed by atoms with van der Waals surface area (Å²) in [6, 6.07) is 13.2. The summed E-state index contributed by atoms with van der Waals surface area (Å²) in [7, 11) is 0. The van der Waals surface area contributed by atoms with Crippen molar-refractivity contribution in [2.45, 2.75) is 23.6 Å². The van der Waals surface area contributed by atoms with Crippen LogP contribution in [0.15, 0.2) is 53.4 Å². The zero-order chi connectivity index (χ0) is 15.2. The number of carbonyl (C=O) groups is 1. The number of carbonyl (C=O) groups excluding carboxylic acids is 1. The predicted molar refractivity (Wildman–Crippen MR) is 80.0 cm³/mol. The third kappa shape index (κ3) is 4.56. The quantitative estimate of drug-likeness (QED) is 0.852. The minimum atomic E-state index is -0.906. The molecule has 2 nitrogen and oxygen atoms in total. The van der Waals surface area contributed by atoms with Gasteiger partial charge in [0.1, 0.15) is 0 Å². The Kier molecular flexibility index (Phi) is 5.33. The highest BCUT2D eigenvalue weighted by atomic mass is 32.2. The Labute approximate surface area is 126 Å². The fourth-order valence-electron chi connectivity index (χ4n) is 1.74. The Morgan fingerprint density at radius 2 is 1.86 bits per heavy atom. The van der Waals surface area contributed by atoms with Gasteiger partial charge in [0, 0.05) is 11.4 Å². The van der Waals surface area contributed by atoms with Crippen LogP contribution >= 0.6 is 11.8 Å². The largest absolute Gasteiger partial charge is 0.351 e. The molecule has 1 N–H and O–H groups in total. The van der Waals surface area contributed by atoms with Crippen molar-refractivity contribution in [3.63, 3.8) is 0 Å². The molecular formula is C16H15F2NOS. The Morgan fingerprint density at radius 1 is 1.14 bits per heavy atom. The molecule has 1 atom stereocenters. The van der Waals surface area contributed by atoms with Gasteiger partial charge in [0.05, 0.1) is 5.25 Å². The van der Waals surface area contributed by atoms with Crippen LogP contribution in [-0.2, 0) is 11.3 Å². The second kappa shape index (κ2) is 7.22. The number of hydrogen-bond acceptors (Lipinski definition) is 2. The van der Waals surface area contributed by atoms with Gasteiger partial charge in [0.2, 0.25) is 5.91 Å². The normalized spacial score (nSPS) is 12.0. The van der Waals surface area contributed by atoms with E-state index in [1.165, 1.54) is 17.8 Å². The van der Waals surface area contributed by atoms with Gasteiger partial charge in [-0.1, -0.05) is 30.3 Å². The van der Waals surface area contributed by atoms with Gasteiger partial charge in [-0.3, -0.25) is 4.79 Å². The van der Waals surface area contributed by atoms with Crippen LogP contribution in [0.3, 0.4) is 0 Å². The molecule has 0 radical (unpaired) electrons. The maximum atomic E-state index is 13.1. The fourth-order valence-corrected chi connectivity index (χ4v) is 2.65. The van der Waals surface area contributed by atoms with Gasteiger partial charge < -0.3 is 5.32 Å². The maximum Gasteiger partial charge on any atom is 0.233 e. The highest BCUT2D eigenvalue weighted by Gasteiger charge is 2.15. The summed E-state index contributed by atoms with van der Waals surface area (Å²) in [5.41, 5.74) is 1.01. The van der Waals surface area contributed by atoms with Crippen LogP contribution in [0.4, 0.5) is 8.78 Å². The van der Waals surface area contributed by atoms with Gasteiger partial charge in [0.15, 0.2) is 11.6 Å². The standard InChI is InChI=1S/C16H15F2NOS/c1-11(21-13-7-8-14(17)15(18)9-13)16(20)19-10-12-5-3-2-4-6-12/h2-9,11H,10H2,1H3,(H,19,20)/t11-/m0/s1. The number of amides is 1. The van der Waals surface area contributed by atoms with Crippen molar-refractivity contribution >= 4 is 17.7 Å². The lowest BCUT2D eigenvalue weighted by atomic mass is 10.2. The molecule has 0 unspecified atom stereocenters. The molecule has 0 spiro atoms. The Balaban J connectivity index is 1.88. The van der Waals surface area contributed by atoms with E-state index in [0.29, 0.717) is 11.4 Å². The van der Waals surface area contributed by atoms with Gasteiger partial charge in [-0.25, -0.2) is 8.78 Å². The van der Waals surface area contributed by atoms with Crippen LogP contribution in [0.2, 0.25) is 0 Å². The minimum absolute atomic E-state index is 0.145. The lowest BCUT2D eigenvalue weighted by Crippen LogP contribution is -2.30. The minimum Gasteiger partial charge on any atom is -0.351 e. The summed E-state index contributed by atoms with van der Waals surface area (Å²) in [4.78, 5) is 12.5. The summed E-state index contributed by atoms with van der Waals surface area (Å²) >= 11 is 1.19. The number of thioether (sulfide) groups is 1. The summed E-state index contributed by atoms with van der Waals surface area (Å²) in [6.45, 7) is 2.18. The van der Waals surface area contributed by atoms with E-state index in [4.69, 9.17) is 0 Å². The molecule has 0 aliphatic carbocycles. The van der Waals surface area contributed by atoms with E-state index in [9.17, 15) is 13.6 Å². The van der Waals surface area contributed by atoms with E-state index in [0.717, 1.165) is 17.7 Å². The van der Waals surface area contributed by atoms with E-state index in [-0.39, 0.29) is 5.91 Å². The first-order valence-corrected chi connectivity index (χ1v) is 7.37. The second-order valence-electron chi connectivity index (χ2n) is 4.54. The third-order valence-corrected chi connectivity index (χ3v) is 3.98. The van der Waals surface area contributed by atoms with Crippen LogP contribution in [0.1, 0.15) is 12.5 Å². The smallest absolute Gasteiger partial charge is 0.233 e. The number of rotatable bonds is 5. The van der Waals surface area contributed by atoms with E-state index < -0.39 is 16.9 Å². The first-order valence-electron chi connectivity index (χ1n) is 6.49. The van der Waals surface area contributed by atoms with E-state index in [1.807, 2.05) is 30.3 Å². The summed E-state index contributed by atoms with van der Waals surface area (Å²) in [6.07, 6.45) is 0. The van der Waals surface area contributed by atoms with Gasteiger partial charge in [-0.15, -0.1) is 11.8 Å². The van der Waals surface area contributed by atoms with Crippen LogP contribution in [0, 0.1) is 11.6 Å². The molecule has 0 saturated heterocycles. The van der Waals surface area contributed by atoms with Crippen molar-refractivity contribution in [2.75, 3.05) is 0 Å². The van der Waals surface area contributed by atoms with Crippen LogP contribution in [0.25, 0.3) is 0 Å². The van der Waals surface area contributed by atoms with Crippen molar-refractivity contribution in [3.8, 4) is 0 Å². The molecule has 2 aromatic rings. The Morgan fingerprint density at radius 3 is 2.52 bits per heavy atom. The molecular weight excluding hydrogens is 292 g/mol. The molecule has 0 saturated carbocycles. The lowest BCUT2D eigenvalue weighted by molar-refractivity contribution is -0.120. The zero-order valence-corrected chi connectivity index (χ0v) is 12.3. The lowest BCUT2D eigenvalue weighted by Gasteiger charge is -2.12. The van der Waals surface area contributed by atoms with Gasteiger partial charge in [-0.2, -0.15) is 0 Å². The first kappa shape index (κ1) is 15.5. The van der Waals surface area contributed by atoms with Gasteiger partial charge in [-0.05, 0) is 30.7 Å². The van der Waals surface area contributed by atoms with Gasteiger partial charge >= 0.3 is 0 Å². The highest BCUT2D eigenvalue weighted by molar-refractivity contribution is 8.00. The Bertz CT molecular complexity index is 619. The monoisotopic (exact) mass is 307 g/mol. The number of hydrogen-bond donors (Lipinski definition) is 1. The zero-order valence-electron chi connectivity index (χ0n) is 11.5. The van der Waals surface area contributed by atoms with Crippen molar-refractivity contribution < 1.29 is 13.6 Å². The average molecular weight is 307 g/mol. The first-order chi connectivity index (χ1) is 10.1. The highest BCUT2D eigenvalue weighted by Crippen LogP contribution is 2.24. The molecule has 0 bridgehead atoms. The van der Waals surface area contributed by atoms with Crippen LogP contribution < -0.4 is 5.32 Å².